The number of rotatable bonds is 4. The first-order valence-corrected chi connectivity index (χ1v) is 11.7. The Morgan fingerprint density at radius 3 is 2.60 bits per heavy atom. The van der Waals surface area contributed by atoms with Crippen LogP contribution < -0.4 is 0 Å². The quantitative estimate of drug-likeness (QED) is 0.284. The summed E-state index contributed by atoms with van der Waals surface area (Å²) in [4.78, 5) is 12.4. The minimum atomic E-state index is -0.680. The average Bonchev–Trinajstić information content (AvgIpc) is 2.98. The van der Waals surface area contributed by atoms with Crippen LogP contribution in [0.5, 0.6) is 0 Å². The molecule has 0 heterocycles. The van der Waals surface area contributed by atoms with Gasteiger partial charge >= 0.3 is 6.16 Å². The van der Waals surface area contributed by atoms with Gasteiger partial charge in [-0.1, -0.05) is 44.2 Å². The minimum Gasteiger partial charge on any atom is -0.460 e. The molecule has 0 spiro atoms. The van der Waals surface area contributed by atoms with E-state index >= 15 is 0 Å². The van der Waals surface area contributed by atoms with Crippen molar-refractivity contribution in [3.05, 3.63) is 36.1 Å². The molecule has 4 aliphatic rings. The van der Waals surface area contributed by atoms with Crippen LogP contribution in [0.1, 0.15) is 79.1 Å². The summed E-state index contributed by atoms with van der Waals surface area (Å²) in [7, 11) is 0. The molecule has 3 saturated carbocycles. The molecule has 0 radical (unpaired) electrons. The van der Waals surface area contributed by atoms with Gasteiger partial charge in [-0.2, -0.15) is 0 Å². The van der Waals surface area contributed by atoms with Crippen LogP contribution in [0.2, 0.25) is 0 Å². The Morgan fingerprint density at radius 2 is 1.87 bits per heavy atom. The molecule has 7 atom stereocenters. The van der Waals surface area contributed by atoms with Crippen molar-refractivity contribution in [2.24, 2.45) is 28.6 Å². The highest BCUT2D eigenvalue weighted by molar-refractivity contribution is 5.60. The van der Waals surface area contributed by atoms with Gasteiger partial charge in [-0.25, -0.2) is 4.79 Å². The molecule has 4 aliphatic carbocycles. The molecular weight excluding hydrogens is 376 g/mol. The molecular formula is C26H38O4. The van der Waals surface area contributed by atoms with E-state index in [9.17, 15) is 4.79 Å². The lowest BCUT2D eigenvalue weighted by molar-refractivity contribution is -0.118. The Kier molecular flexibility index (Phi) is 5.57. The Balaban J connectivity index is 1.45. The van der Waals surface area contributed by atoms with Gasteiger partial charge in [0.1, 0.15) is 6.10 Å². The smallest absolute Gasteiger partial charge is 0.460 e. The van der Waals surface area contributed by atoms with E-state index in [0.29, 0.717) is 17.1 Å². The zero-order valence-electron chi connectivity index (χ0n) is 19.2. The number of hydrogen-bond donors (Lipinski definition) is 0. The van der Waals surface area contributed by atoms with Crippen LogP contribution in [0.4, 0.5) is 4.79 Å². The summed E-state index contributed by atoms with van der Waals surface area (Å²) in [5.41, 5.74) is 3.33. The minimum absolute atomic E-state index is 0.0501. The van der Waals surface area contributed by atoms with Crippen LogP contribution in [0.25, 0.3) is 0 Å². The van der Waals surface area contributed by atoms with Crippen molar-refractivity contribution in [3.8, 4) is 0 Å². The molecule has 4 heteroatoms. The van der Waals surface area contributed by atoms with E-state index in [-0.39, 0.29) is 11.5 Å². The van der Waals surface area contributed by atoms with Crippen LogP contribution >= 0.6 is 0 Å². The Bertz CT molecular complexity index is 767. The van der Waals surface area contributed by atoms with E-state index in [1.54, 1.807) is 19.4 Å². The maximum atomic E-state index is 12.4. The maximum absolute atomic E-state index is 12.4. The third kappa shape index (κ3) is 3.61. The Morgan fingerprint density at radius 1 is 1.10 bits per heavy atom. The standard InChI is InChI=1S/C26H38O4/c1-16(2)28-18(4)29-24(27)30-23-10-9-21-20-8-7-19-15-17(3)11-13-25(19,5)22(20)12-14-26(21,23)6/h15,18,20-23H,1,3,7-14H2,2,4-6H3/t18?,20-,21-,22-,23?,25?,26?/m0/s1. The second-order valence-electron chi connectivity index (χ2n) is 10.6. The highest BCUT2D eigenvalue weighted by atomic mass is 16.8. The van der Waals surface area contributed by atoms with Gasteiger partial charge in [0.25, 0.3) is 0 Å². The van der Waals surface area contributed by atoms with Gasteiger partial charge in [0.05, 0.1) is 5.76 Å². The predicted molar refractivity (Wildman–Crippen MR) is 118 cm³/mol. The lowest BCUT2D eigenvalue weighted by Gasteiger charge is -2.58. The van der Waals surface area contributed by atoms with E-state index in [1.807, 2.05) is 0 Å². The second-order valence-corrected chi connectivity index (χ2v) is 10.6. The number of ether oxygens (including phenoxy) is 3. The average molecular weight is 415 g/mol. The largest absolute Gasteiger partial charge is 0.511 e. The van der Waals surface area contributed by atoms with Gasteiger partial charge in [0.15, 0.2) is 0 Å². The lowest BCUT2D eigenvalue weighted by Crippen LogP contribution is -2.51. The van der Waals surface area contributed by atoms with Crippen molar-refractivity contribution in [3.63, 3.8) is 0 Å². The van der Waals surface area contributed by atoms with Crippen molar-refractivity contribution in [1.82, 2.24) is 0 Å². The molecule has 0 aromatic rings. The second kappa shape index (κ2) is 7.76. The van der Waals surface area contributed by atoms with Crippen LogP contribution in [-0.4, -0.2) is 18.5 Å². The predicted octanol–water partition coefficient (Wildman–Crippen LogP) is 6.92. The third-order valence-corrected chi connectivity index (χ3v) is 8.86. The fourth-order valence-corrected chi connectivity index (χ4v) is 7.38. The van der Waals surface area contributed by atoms with Crippen molar-refractivity contribution in [2.75, 3.05) is 0 Å². The normalized spacial score (nSPS) is 40.9. The summed E-state index contributed by atoms with van der Waals surface area (Å²) in [6.45, 7) is 16.2. The summed E-state index contributed by atoms with van der Waals surface area (Å²) < 4.78 is 16.5. The van der Waals surface area contributed by atoms with Crippen LogP contribution in [0.3, 0.4) is 0 Å². The SMILES string of the molecule is C=C1C=C2CC[C@@H]3[C@H](CCC4(C)C(OC(=O)OC(C)OC(=C)C)CC[C@@H]34)C2(C)CC1. The summed E-state index contributed by atoms with van der Waals surface area (Å²) in [6.07, 6.45) is 10.3. The molecule has 4 unspecified atom stereocenters. The highest BCUT2D eigenvalue weighted by Crippen LogP contribution is 2.65. The van der Waals surface area contributed by atoms with Gasteiger partial charge in [0, 0.05) is 12.3 Å². The fourth-order valence-electron chi connectivity index (χ4n) is 7.38. The molecule has 4 nitrogen and oxygen atoms in total. The van der Waals surface area contributed by atoms with E-state index in [0.717, 1.165) is 37.5 Å². The number of carbonyl (C=O) groups excluding carboxylic acids is 1. The van der Waals surface area contributed by atoms with E-state index in [1.165, 1.54) is 31.3 Å². The van der Waals surface area contributed by atoms with E-state index in [2.05, 4.69) is 33.1 Å². The third-order valence-electron chi connectivity index (χ3n) is 8.86. The van der Waals surface area contributed by atoms with Crippen LogP contribution in [0.15, 0.2) is 36.1 Å². The Hall–Kier alpha value is -1.71. The molecule has 0 N–H and O–H groups in total. The van der Waals surface area contributed by atoms with Gasteiger partial charge in [-0.3, -0.25) is 0 Å². The zero-order chi connectivity index (χ0) is 21.7. The fraction of sp³-hybridized carbons (Fsp3) is 0.731. The van der Waals surface area contributed by atoms with Crippen molar-refractivity contribution >= 4 is 6.16 Å². The summed E-state index contributed by atoms with van der Waals surface area (Å²) in [6, 6.07) is 0. The molecule has 0 aromatic heterocycles. The molecule has 0 aliphatic heterocycles. The van der Waals surface area contributed by atoms with Gasteiger partial charge < -0.3 is 14.2 Å². The van der Waals surface area contributed by atoms with Crippen molar-refractivity contribution < 1.29 is 19.0 Å². The topological polar surface area (TPSA) is 44.8 Å². The molecule has 0 aromatic carbocycles. The van der Waals surface area contributed by atoms with Crippen LogP contribution in [-0.2, 0) is 14.2 Å². The number of allylic oxidation sites excluding steroid dienone is 4. The molecule has 166 valence electrons. The number of carbonyl (C=O) groups is 1. The molecule has 0 amide bonds. The monoisotopic (exact) mass is 414 g/mol. The molecule has 30 heavy (non-hydrogen) atoms. The van der Waals surface area contributed by atoms with Crippen molar-refractivity contribution in [2.45, 2.75) is 91.5 Å². The van der Waals surface area contributed by atoms with Gasteiger partial charge in [0.2, 0.25) is 6.29 Å². The Labute approximate surface area is 181 Å². The first-order valence-electron chi connectivity index (χ1n) is 11.7. The van der Waals surface area contributed by atoms with Crippen molar-refractivity contribution in [1.29, 1.82) is 0 Å². The maximum Gasteiger partial charge on any atom is 0.511 e. The van der Waals surface area contributed by atoms with Gasteiger partial charge in [-0.05, 0) is 81.5 Å². The summed E-state index contributed by atoms with van der Waals surface area (Å²) >= 11 is 0. The van der Waals surface area contributed by atoms with Crippen LogP contribution in [0, 0.1) is 28.6 Å². The summed E-state index contributed by atoms with van der Waals surface area (Å²) in [5.74, 6) is 2.62. The summed E-state index contributed by atoms with van der Waals surface area (Å²) in [5, 5.41) is 0. The number of hydrogen-bond acceptors (Lipinski definition) is 4. The highest BCUT2D eigenvalue weighted by Gasteiger charge is 2.59. The first kappa shape index (κ1) is 21.5. The molecule has 3 fully saturated rings. The first-order chi connectivity index (χ1) is 14.1. The number of fused-ring (bicyclic) bond motifs is 5. The van der Waals surface area contributed by atoms with Gasteiger partial charge in [-0.15, -0.1) is 0 Å². The zero-order valence-corrected chi connectivity index (χ0v) is 19.2. The molecule has 0 bridgehead atoms. The van der Waals surface area contributed by atoms with E-state index < -0.39 is 12.4 Å². The van der Waals surface area contributed by atoms with E-state index in [4.69, 9.17) is 14.2 Å². The lowest BCUT2D eigenvalue weighted by atomic mass is 9.47. The molecule has 0 saturated heterocycles. The molecule has 4 rings (SSSR count).